The van der Waals surface area contributed by atoms with E-state index in [1.807, 2.05) is 20.8 Å². The number of hydrogen-bond donors (Lipinski definition) is 0. The van der Waals surface area contributed by atoms with Crippen LogP contribution in [0.15, 0.2) is 0 Å². The van der Waals surface area contributed by atoms with E-state index in [-0.39, 0.29) is 11.7 Å². The van der Waals surface area contributed by atoms with Gasteiger partial charge in [-0.15, -0.1) is 0 Å². The fourth-order valence-corrected chi connectivity index (χ4v) is 0.993. The van der Waals surface area contributed by atoms with E-state index in [0.29, 0.717) is 0 Å². The molecule has 0 aromatic rings. The Morgan fingerprint density at radius 3 is 2.57 bits per heavy atom. The molecule has 3 heteroatoms. The van der Waals surface area contributed by atoms with Gasteiger partial charge < -0.3 is 0 Å². The van der Waals surface area contributed by atoms with Crippen molar-refractivity contribution in [2.24, 2.45) is 0 Å². The summed E-state index contributed by atoms with van der Waals surface area (Å²) in [6.07, 6.45) is 3.63. The standard InChI is InChI=1S/C11H23BO2/c1-6-7-8-9-12-14-11(3,4)10(2)13-5/h9-10H,6-8H2,1-5H3. The Labute approximate surface area is 88.9 Å². The summed E-state index contributed by atoms with van der Waals surface area (Å²) in [5, 5.41) is 0. The van der Waals surface area contributed by atoms with E-state index in [0.717, 1.165) is 6.42 Å². The molecule has 0 rings (SSSR count). The first-order chi connectivity index (χ1) is 6.54. The first kappa shape index (κ1) is 13.7. The molecule has 0 aromatic heterocycles. The van der Waals surface area contributed by atoms with E-state index in [4.69, 9.17) is 9.39 Å². The summed E-state index contributed by atoms with van der Waals surface area (Å²) >= 11 is 0. The van der Waals surface area contributed by atoms with Crippen LogP contribution in [0.1, 0.15) is 47.0 Å². The Morgan fingerprint density at radius 2 is 2.07 bits per heavy atom. The summed E-state index contributed by atoms with van der Waals surface area (Å²) in [7, 11) is 3.50. The van der Waals surface area contributed by atoms with Gasteiger partial charge in [-0.3, -0.25) is 0 Å². The Kier molecular flexibility index (Phi) is 6.90. The molecule has 0 heterocycles. The maximum absolute atomic E-state index is 5.62. The van der Waals surface area contributed by atoms with E-state index >= 15 is 0 Å². The van der Waals surface area contributed by atoms with Gasteiger partial charge in [-0.25, -0.2) is 0 Å². The summed E-state index contributed by atoms with van der Waals surface area (Å²) in [6, 6.07) is 0. The molecule has 1 atom stereocenters. The SMILES string of the molecule is CCCCC=BOC(C)(C)C(C)OC. The first-order valence-electron chi connectivity index (χ1n) is 5.40. The van der Waals surface area contributed by atoms with Crippen molar-refractivity contribution in [2.45, 2.75) is 58.7 Å². The molecule has 0 amide bonds. The topological polar surface area (TPSA) is 18.5 Å². The van der Waals surface area contributed by atoms with Gasteiger partial charge in [0.05, 0.1) is 0 Å². The predicted molar refractivity (Wildman–Crippen MR) is 63.0 cm³/mol. The van der Waals surface area contributed by atoms with Crippen LogP contribution in [0.4, 0.5) is 0 Å². The third kappa shape index (κ3) is 5.43. The van der Waals surface area contributed by atoms with Crippen molar-refractivity contribution >= 4 is 13.1 Å². The van der Waals surface area contributed by atoms with Gasteiger partial charge in [0.25, 0.3) is 0 Å². The molecule has 14 heavy (non-hydrogen) atoms. The van der Waals surface area contributed by atoms with E-state index in [1.54, 1.807) is 14.2 Å². The molecule has 0 aromatic carbocycles. The van der Waals surface area contributed by atoms with Crippen LogP contribution < -0.4 is 0 Å². The van der Waals surface area contributed by atoms with Gasteiger partial charge in [0.15, 0.2) is 0 Å². The van der Waals surface area contributed by atoms with Crippen molar-refractivity contribution in [1.29, 1.82) is 0 Å². The summed E-state index contributed by atoms with van der Waals surface area (Å²) < 4.78 is 10.9. The maximum atomic E-state index is 5.62. The fraction of sp³-hybridized carbons (Fsp3) is 0.909. The molecule has 1 unspecified atom stereocenters. The second-order valence-electron chi connectivity index (χ2n) is 4.11. The number of hydrogen-bond acceptors (Lipinski definition) is 2. The zero-order valence-corrected chi connectivity index (χ0v) is 10.2. The first-order valence-corrected chi connectivity index (χ1v) is 5.40. The van der Waals surface area contributed by atoms with Crippen molar-refractivity contribution in [2.75, 3.05) is 7.11 Å². The zero-order valence-electron chi connectivity index (χ0n) is 10.2. The monoisotopic (exact) mass is 198 g/mol. The van der Waals surface area contributed by atoms with Crippen LogP contribution in [0, 0.1) is 0 Å². The van der Waals surface area contributed by atoms with Gasteiger partial charge in [0.2, 0.25) is 0 Å². The predicted octanol–water partition coefficient (Wildman–Crippen LogP) is 2.43. The molecule has 0 saturated carbocycles. The van der Waals surface area contributed by atoms with Crippen LogP contribution in [0.3, 0.4) is 0 Å². The Hall–Kier alpha value is -0.305. The molecule has 0 bridgehead atoms. The van der Waals surface area contributed by atoms with Crippen LogP contribution >= 0.6 is 0 Å². The van der Waals surface area contributed by atoms with Gasteiger partial charge in [0.1, 0.15) is 0 Å². The van der Waals surface area contributed by atoms with Crippen molar-refractivity contribution in [3.05, 3.63) is 0 Å². The average molecular weight is 198 g/mol. The van der Waals surface area contributed by atoms with Crippen LogP contribution in [0.25, 0.3) is 0 Å². The van der Waals surface area contributed by atoms with E-state index < -0.39 is 0 Å². The molecular weight excluding hydrogens is 175 g/mol. The van der Waals surface area contributed by atoms with E-state index in [2.05, 4.69) is 12.9 Å². The third-order valence-corrected chi connectivity index (χ3v) is 2.52. The zero-order chi connectivity index (χ0) is 11.0. The van der Waals surface area contributed by atoms with Gasteiger partial charge in [-0.05, 0) is 0 Å². The van der Waals surface area contributed by atoms with Crippen molar-refractivity contribution in [3.8, 4) is 0 Å². The molecule has 0 aliphatic heterocycles. The Bertz CT molecular complexity index is 167. The van der Waals surface area contributed by atoms with Crippen molar-refractivity contribution in [3.63, 3.8) is 0 Å². The molecule has 0 spiro atoms. The molecule has 82 valence electrons. The molecule has 0 N–H and O–H groups in total. The summed E-state index contributed by atoms with van der Waals surface area (Å²) in [6.45, 7) is 8.27. The summed E-state index contributed by atoms with van der Waals surface area (Å²) in [5.74, 6) is 2.08. The number of ether oxygens (including phenoxy) is 1. The molecule has 2 nitrogen and oxygen atoms in total. The summed E-state index contributed by atoms with van der Waals surface area (Å²) in [4.78, 5) is 0. The normalized spacial score (nSPS) is 14.1. The molecular formula is C11H23BO2. The van der Waals surface area contributed by atoms with Crippen LogP contribution in [-0.4, -0.2) is 31.9 Å². The molecule has 0 radical (unpaired) electrons. The fourth-order valence-electron chi connectivity index (χ4n) is 0.993. The minimum absolute atomic E-state index is 0.0957. The molecule has 0 saturated heterocycles. The van der Waals surface area contributed by atoms with Gasteiger partial charge in [-0.2, -0.15) is 0 Å². The van der Waals surface area contributed by atoms with Crippen LogP contribution in [0.2, 0.25) is 0 Å². The van der Waals surface area contributed by atoms with Crippen LogP contribution in [-0.2, 0) is 9.39 Å². The third-order valence-electron chi connectivity index (χ3n) is 2.52. The number of rotatable bonds is 7. The molecule has 0 aliphatic rings. The second-order valence-corrected chi connectivity index (χ2v) is 4.11. The van der Waals surface area contributed by atoms with E-state index in [1.165, 1.54) is 12.8 Å². The molecule has 0 fully saturated rings. The summed E-state index contributed by atoms with van der Waals surface area (Å²) in [5.41, 5.74) is -0.253. The number of methoxy groups -OCH3 is 1. The van der Waals surface area contributed by atoms with Gasteiger partial charge in [-0.1, -0.05) is 0 Å². The van der Waals surface area contributed by atoms with Gasteiger partial charge >= 0.3 is 88.3 Å². The second kappa shape index (κ2) is 7.05. The Morgan fingerprint density at radius 1 is 1.43 bits per heavy atom. The molecule has 0 aliphatic carbocycles. The van der Waals surface area contributed by atoms with Gasteiger partial charge in [0, 0.05) is 0 Å². The van der Waals surface area contributed by atoms with E-state index in [9.17, 15) is 0 Å². The number of unbranched alkanes of at least 4 members (excludes halogenated alkanes) is 2. The Balaban J connectivity index is 3.80. The minimum atomic E-state index is -0.253. The van der Waals surface area contributed by atoms with Crippen LogP contribution in [0.5, 0.6) is 0 Å². The van der Waals surface area contributed by atoms with Crippen molar-refractivity contribution in [1.82, 2.24) is 0 Å². The average Bonchev–Trinajstić information content (AvgIpc) is 2.16. The quantitative estimate of drug-likeness (QED) is 0.462. The van der Waals surface area contributed by atoms with Crippen molar-refractivity contribution < 1.29 is 9.39 Å².